The zero-order valence-electron chi connectivity index (χ0n) is 9.02. The molecule has 0 aromatic carbocycles. The molecule has 5 heteroatoms. The molecule has 2 saturated heterocycles. The van der Waals surface area contributed by atoms with Gasteiger partial charge in [-0.1, -0.05) is 0 Å². The first-order valence-electron chi connectivity index (χ1n) is 5.64. The number of amides is 2. The molecule has 2 heterocycles. The quantitative estimate of drug-likeness (QED) is 0.609. The van der Waals surface area contributed by atoms with E-state index in [1.54, 1.807) is 0 Å². The molecule has 0 spiro atoms. The lowest BCUT2D eigenvalue weighted by Gasteiger charge is -2.36. The Morgan fingerprint density at radius 3 is 2.60 bits per heavy atom. The normalized spacial score (nSPS) is 27.9. The second-order valence-electron chi connectivity index (χ2n) is 4.23. The number of morpholine rings is 1. The van der Waals surface area contributed by atoms with E-state index < -0.39 is 0 Å². The number of carbonyl (C=O) groups excluding carboxylic acids is 1. The molecule has 1 atom stereocenters. The Kier molecular flexibility index (Phi) is 3.43. The Morgan fingerprint density at radius 1 is 1.20 bits per heavy atom. The van der Waals surface area contributed by atoms with Gasteiger partial charge in [-0.05, 0) is 12.8 Å². The number of ether oxygens (including phenoxy) is 1. The maximum absolute atomic E-state index is 12.0. The molecule has 2 aliphatic heterocycles. The Labute approximate surface area is 90.1 Å². The van der Waals surface area contributed by atoms with Gasteiger partial charge in [0.1, 0.15) is 0 Å². The fraction of sp³-hybridized carbons (Fsp3) is 0.900. The van der Waals surface area contributed by atoms with Gasteiger partial charge in [0.2, 0.25) is 0 Å². The average molecular weight is 213 g/mol. The molecule has 5 nitrogen and oxygen atoms in total. The molecule has 15 heavy (non-hydrogen) atoms. The number of likely N-dealkylation sites (tertiary alicyclic amines) is 1. The Bertz CT molecular complexity index is 229. The minimum Gasteiger partial charge on any atom is -0.378 e. The minimum atomic E-state index is 0.133. The first-order valence-corrected chi connectivity index (χ1v) is 5.64. The topological polar surface area (TPSA) is 58.8 Å². The lowest BCUT2D eigenvalue weighted by atomic mass is 10.1. The second-order valence-corrected chi connectivity index (χ2v) is 4.23. The number of urea groups is 1. The third-order valence-corrected chi connectivity index (χ3v) is 3.01. The van der Waals surface area contributed by atoms with Crippen molar-refractivity contribution in [2.75, 3.05) is 39.4 Å². The number of nitrogens with two attached hydrogens (primary N) is 1. The summed E-state index contributed by atoms with van der Waals surface area (Å²) in [6, 6.07) is 0.289. The van der Waals surface area contributed by atoms with Crippen molar-refractivity contribution in [1.82, 2.24) is 9.80 Å². The summed E-state index contributed by atoms with van der Waals surface area (Å²) in [4.78, 5) is 15.8. The van der Waals surface area contributed by atoms with Crippen molar-refractivity contribution in [3.63, 3.8) is 0 Å². The average Bonchev–Trinajstić information content (AvgIpc) is 2.29. The Balaban J connectivity index is 1.88. The monoisotopic (exact) mass is 213 g/mol. The van der Waals surface area contributed by atoms with E-state index in [2.05, 4.69) is 0 Å². The molecule has 0 aliphatic carbocycles. The van der Waals surface area contributed by atoms with Crippen LogP contribution in [0.1, 0.15) is 12.8 Å². The Morgan fingerprint density at radius 2 is 1.93 bits per heavy atom. The van der Waals surface area contributed by atoms with Crippen LogP contribution < -0.4 is 5.73 Å². The van der Waals surface area contributed by atoms with Crippen LogP contribution in [0.5, 0.6) is 0 Å². The fourth-order valence-electron chi connectivity index (χ4n) is 2.14. The van der Waals surface area contributed by atoms with Crippen LogP contribution in [-0.4, -0.2) is 61.3 Å². The summed E-state index contributed by atoms with van der Waals surface area (Å²) in [6.45, 7) is 4.30. The van der Waals surface area contributed by atoms with Gasteiger partial charge in [0.05, 0.1) is 13.2 Å². The van der Waals surface area contributed by atoms with Gasteiger partial charge in [0, 0.05) is 32.2 Å². The van der Waals surface area contributed by atoms with Crippen LogP contribution in [0.25, 0.3) is 0 Å². The van der Waals surface area contributed by atoms with E-state index in [-0.39, 0.29) is 12.1 Å². The predicted molar refractivity (Wildman–Crippen MR) is 56.6 cm³/mol. The van der Waals surface area contributed by atoms with Crippen LogP contribution in [0, 0.1) is 0 Å². The number of hydrogen-bond donors (Lipinski definition) is 1. The van der Waals surface area contributed by atoms with E-state index in [1.807, 2.05) is 9.80 Å². The molecule has 0 aromatic heterocycles. The summed E-state index contributed by atoms with van der Waals surface area (Å²) in [5, 5.41) is 0. The smallest absolute Gasteiger partial charge is 0.320 e. The van der Waals surface area contributed by atoms with E-state index in [4.69, 9.17) is 10.5 Å². The minimum absolute atomic E-state index is 0.133. The summed E-state index contributed by atoms with van der Waals surface area (Å²) in [6.07, 6.45) is 2.06. The van der Waals surface area contributed by atoms with Crippen molar-refractivity contribution in [3.05, 3.63) is 0 Å². The largest absolute Gasteiger partial charge is 0.378 e. The molecule has 2 N–H and O–H groups in total. The maximum atomic E-state index is 12.0. The summed E-state index contributed by atoms with van der Waals surface area (Å²) < 4.78 is 5.22. The number of nitrogens with zero attached hydrogens (tertiary/aromatic N) is 2. The molecule has 86 valence electrons. The van der Waals surface area contributed by atoms with E-state index >= 15 is 0 Å². The molecular weight excluding hydrogens is 194 g/mol. The molecule has 0 saturated carbocycles. The third-order valence-electron chi connectivity index (χ3n) is 3.01. The fourth-order valence-corrected chi connectivity index (χ4v) is 2.14. The van der Waals surface area contributed by atoms with Gasteiger partial charge in [-0.25, -0.2) is 4.79 Å². The highest BCUT2D eigenvalue weighted by Gasteiger charge is 2.26. The number of hydrogen-bond acceptors (Lipinski definition) is 3. The number of carbonyl (C=O) groups is 1. The van der Waals surface area contributed by atoms with Crippen LogP contribution in [0.3, 0.4) is 0 Å². The molecule has 0 bridgehead atoms. The van der Waals surface area contributed by atoms with Gasteiger partial charge < -0.3 is 20.3 Å². The van der Waals surface area contributed by atoms with Crippen LogP contribution >= 0.6 is 0 Å². The molecule has 2 aliphatic rings. The molecule has 2 fully saturated rings. The molecule has 0 radical (unpaired) electrons. The van der Waals surface area contributed by atoms with Crippen LogP contribution in [0.4, 0.5) is 4.79 Å². The van der Waals surface area contributed by atoms with Gasteiger partial charge in [-0.15, -0.1) is 0 Å². The van der Waals surface area contributed by atoms with Gasteiger partial charge >= 0.3 is 6.03 Å². The van der Waals surface area contributed by atoms with Crippen molar-refractivity contribution < 1.29 is 9.53 Å². The SMILES string of the molecule is NC1CCCN(C(=O)N2CCOCC2)C1. The molecule has 2 rings (SSSR count). The van der Waals surface area contributed by atoms with Crippen molar-refractivity contribution >= 4 is 6.03 Å². The van der Waals surface area contributed by atoms with E-state index in [1.165, 1.54) is 0 Å². The van der Waals surface area contributed by atoms with Crippen molar-refractivity contribution in [3.8, 4) is 0 Å². The second kappa shape index (κ2) is 4.81. The highest BCUT2D eigenvalue weighted by atomic mass is 16.5. The number of rotatable bonds is 0. The van der Waals surface area contributed by atoms with Crippen molar-refractivity contribution in [2.45, 2.75) is 18.9 Å². The summed E-state index contributed by atoms with van der Waals surface area (Å²) in [5.74, 6) is 0. The van der Waals surface area contributed by atoms with Gasteiger partial charge in [-0.3, -0.25) is 0 Å². The molecule has 0 aromatic rings. The summed E-state index contributed by atoms with van der Waals surface area (Å²) in [5.41, 5.74) is 5.86. The predicted octanol–water partition coefficient (Wildman–Crippen LogP) is -0.138. The zero-order valence-corrected chi connectivity index (χ0v) is 9.02. The van der Waals surface area contributed by atoms with Crippen LogP contribution in [0.15, 0.2) is 0 Å². The first-order chi connectivity index (χ1) is 7.27. The lowest BCUT2D eigenvalue weighted by molar-refractivity contribution is 0.0409. The summed E-state index contributed by atoms with van der Waals surface area (Å²) in [7, 11) is 0. The third kappa shape index (κ3) is 2.60. The van der Waals surface area contributed by atoms with Gasteiger partial charge in [0.25, 0.3) is 0 Å². The van der Waals surface area contributed by atoms with E-state index in [0.717, 1.165) is 19.4 Å². The van der Waals surface area contributed by atoms with Crippen molar-refractivity contribution in [2.24, 2.45) is 5.73 Å². The molecule has 1 unspecified atom stereocenters. The molecule has 2 amide bonds. The standard InChI is InChI=1S/C10H19N3O2/c11-9-2-1-3-13(8-9)10(14)12-4-6-15-7-5-12/h9H,1-8,11H2. The summed E-state index contributed by atoms with van der Waals surface area (Å²) >= 11 is 0. The highest BCUT2D eigenvalue weighted by molar-refractivity contribution is 5.74. The lowest BCUT2D eigenvalue weighted by Crippen LogP contribution is -2.53. The Hall–Kier alpha value is -0.810. The van der Waals surface area contributed by atoms with Gasteiger partial charge in [-0.2, -0.15) is 0 Å². The highest BCUT2D eigenvalue weighted by Crippen LogP contribution is 2.11. The molecular formula is C10H19N3O2. The maximum Gasteiger partial charge on any atom is 0.320 e. The van der Waals surface area contributed by atoms with E-state index in [0.29, 0.717) is 32.8 Å². The number of piperidine rings is 1. The van der Waals surface area contributed by atoms with Crippen LogP contribution in [-0.2, 0) is 4.74 Å². The zero-order chi connectivity index (χ0) is 10.7. The first kappa shape index (κ1) is 10.7. The van der Waals surface area contributed by atoms with Crippen LogP contribution in [0.2, 0.25) is 0 Å². The van der Waals surface area contributed by atoms with Gasteiger partial charge in [0.15, 0.2) is 0 Å². The van der Waals surface area contributed by atoms with Crippen molar-refractivity contribution in [1.29, 1.82) is 0 Å². The van der Waals surface area contributed by atoms with E-state index in [9.17, 15) is 4.79 Å².